The van der Waals surface area contributed by atoms with Gasteiger partial charge in [-0.1, -0.05) is 26.2 Å². The summed E-state index contributed by atoms with van der Waals surface area (Å²) in [5, 5.41) is 16.0. The van der Waals surface area contributed by atoms with Gasteiger partial charge in [0.2, 0.25) is 0 Å². The van der Waals surface area contributed by atoms with Crippen molar-refractivity contribution in [3.63, 3.8) is 0 Å². The minimum Gasteiger partial charge on any atom is -0.387 e. The first-order valence-corrected chi connectivity index (χ1v) is 4.03. The summed E-state index contributed by atoms with van der Waals surface area (Å²) >= 11 is 0. The second-order valence-electron chi connectivity index (χ2n) is 2.67. The van der Waals surface area contributed by atoms with Crippen LogP contribution in [0.15, 0.2) is 0 Å². The Bertz CT molecular complexity index is 117. The number of alkyl halides is 1. The van der Waals surface area contributed by atoms with Gasteiger partial charge in [-0.25, -0.2) is 4.39 Å². The van der Waals surface area contributed by atoms with Gasteiger partial charge in [0.15, 0.2) is 0 Å². The molecule has 0 aromatic rings. The number of aliphatic hydroxyl groups is 1. The number of aliphatic hydroxyl groups excluding tert-OH is 1. The van der Waals surface area contributed by atoms with Crippen LogP contribution >= 0.6 is 0 Å². The predicted molar refractivity (Wildman–Crippen MR) is 43.9 cm³/mol. The van der Waals surface area contributed by atoms with Crippen LogP contribution in [0.2, 0.25) is 0 Å². The van der Waals surface area contributed by atoms with Crippen molar-refractivity contribution >= 4 is 5.71 Å². The van der Waals surface area contributed by atoms with Crippen LogP contribution in [0.25, 0.3) is 0 Å². The summed E-state index contributed by atoms with van der Waals surface area (Å²) in [7, 11) is 0. The van der Waals surface area contributed by atoms with Gasteiger partial charge in [-0.15, -0.1) is 0 Å². The number of hydrogen-bond acceptors (Lipinski definition) is 2. The highest BCUT2D eigenvalue weighted by molar-refractivity contribution is 5.86. The Balaban J connectivity index is 3.36. The summed E-state index contributed by atoms with van der Waals surface area (Å²) in [6, 6.07) is 0. The van der Waals surface area contributed by atoms with Gasteiger partial charge in [-0.3, -0.25) is 0 Å². The van der Waals surface area contributed by atoms with E-state index in [2.05, 4.69) is 6.92 Å². The van der Waals surface area contributed by atoms with Crippen LogP contribution < -0.4 is 0 Å². The molecule has 66 valence electrons. The van der Waals surface area contributed by atoms with Crippen molar-refractivity contribution in [1.29, 1.82) is 5.41 Å². The highest BCUT2D eigenvalue weighted by Gasteiger charge is 2.08. The maximum atomic E-state index is 11.8. The van der Waals surface area contributed by atoms with E-state index >= 15 is 0 Å². The average Bonchev–Trinajstić information content (AvgIpc) is 2.03. The first-order chi connectivity index (χ1) is 5.22. The molecule has 0 aromatic heterocycles. The molecule has 11 heavy (non-hydrogen) atoms. The van der Waals surface area contributed by atoms with Crippen molar-refractivity contribution in [3.8, 4) is 0 Å². The van der Waals surface area contributed by atoms with Crippen LogP contribution in [-0.4, -0.2) is 23.6 Å². The van der Waals surface area contributed by atoms with E-state index in [-0.39, 0.29) is 5.71 Å². The van der Waals surface area contributed by atoms with Crippen LogP contribution in [0.4, 0.5) is 4.39 Å². The van der Waals surface area contributed by atoms with E-state index in [0.717, 1.165) is 19.3 Å². The molecule has 0 amide bonds. The lowest BCUT2D eigenvalue weighted by Gasteiger charge is -2.07. The molecule has 0 saturated carbocycles. The summed E-state index contributed by atoms with van der Waals surface area (Å²) in [5.74, 6) is 0. The van der Waals surface area contributed by atoms with E-state index in [1.165, 1.54) is 0 Å². The predicted octanol–water partition coefficient (Wildman–Crippen LogP) is 1.92. The molecule has 3 heteroatoms. The lowest BCUT2D eigenvalue weighted by Crippen LogP contribution is -2.20. The quantitative estimate of drug-likeness (QED) is 0.453. The molecule has 1 atom stereocenters. The van der Waals surface area contributed by atoms with E-state index < -0.39 is 12.8 Å². The number of unbranched alkanes of at least 4 members (excludes halogenated alkanes) is 2. The molecule has 0 aromatic carbocycles. The third-order valence-electron chi connectivity index (χ3n) is 1.63. The fourth-order valence-electron chi connectivity index (χ4n) is 0.851. The fraction of sp³-hybridized carbons (Fsp3) is 0.875. The second kappa shape index (κ2) is 6.28. The molecule has 2 N–H and O–H groups in total. The molecule has 0 rings (SSSR count). The van der Waals surface area contributed by atoms with Gasteiger partial charge in [0, 0.05) is 0 Å². The normalized spacial score (nSPS) is 13.0. The van der Waals surface area contributed by atoms with Gasteiger partial charge in [-0.05, 0) is 6.42 Å². The van der Waals surface area contributed by atoms with Gasteiger partial charge in [0.25, 0.3) is 0 Å². The maximum Gasteiger partial charge on any atom is 0.129 e. The molecule has 0 fully saturated rings. The van der Waals surface area contributed by atoms with E-state index in [1.54, 1.807) is 0 Å². The van der Waals surface area contributed by atoms with Crippen molar-refractivity contribution in [2.75, 3.05) is 6.67 Å². The molecule has 0 spiro atoms. The summed E-state index contributed by atoms with van der Waals surface area (Å²) in [6.07, 6.45) is 2.66. The Hall–Kier alpha value is -0.440. The zero-order valence-corrected chi connectivity index (χ0v) is 6.94. The van der Waals surface area contributed by atoms with Crippen molar-refractivity contribution in [1.82, 2.24) is 0 Å². The molecule has 0 radical (unpaired) electrons. The van der Waals surface area contributed by atoms with E-state index in [4.69, 9.17) is 10.5 Å². The summed E-state index contributed by atoms with van der Waals surface area (Å²) in [5.41, 5.74) is -0.193. The molecule has 0 saturated heterocycles. The summed E-state index contributed by atoms with van der Waals surface area (Å²) in [4.78, 5) is 0. The van der Waals surface area contributed by atoms with Crippen molar-refractivity contribution < 1.29 is 9.50 Å². The smallest absolute Gasteiger partial charge is 0.129 e. The molecule has 2 nitrogen and oxygen atoms in total. The third-order valence-corrected chi connectivity index (χ3v) is 1.63. The van der Waals surface area contributed by atoms with Crippen LogP contribution in [0.3, 0.4) is 0 Å². The van der Waals surface area contributed by atoms with Crippen molar-refractivity contribution in [2.24, 2.45) is 0 Å². The first-order valence-electron chi connectivity index (χ1n) is 4.03. The van der Waals surface area contributed by atoms with Gasteiger partial charge >= 0.3 is 0 Å². The van der Waals surface area contributed by atoms with Gasteiger partial charge in [-0.2, -0.15) is 0 Å². The van der Waals surface area contributed by atoms with Crippen LogP contribution in [0, 0.1) is 5.41 Å². The lowest BCUT2D eigenvalue weighted by molar-refractivity contribution is 0.220. The fourth-order valence-corrected chi connectivity index (χ4v) is 0.851. The highest BCUT2D eigenvalue weighted by Crippen LogP contribution is 2.04. The highest BCUT2D eigenvalue weighted by atomic mass is 19.1. The molecular weight excluding hydrogens is 145 g/mol. The number of halogens is 1. The molecule has 1 unspecified atom stereocenters. The van der Waals surface area contributed by atoms with Crippen molar-refractivity contribution in [2.45, 2.75) is 38.7 Å². The molecule has 0 aliphatic rings. The van der Waals surface area contributed by atoms with Gasteiger partial charge in [0.05, 0.1) is 11.8 Å². The van der Waals surface area contributed by atoms with E-state index in [9.17, 15) is 4.39 Å². The van der Waals surface area contributed by atoms with Crippen LogP contribution in [0.5, 0.6) is 0 Å². The molecule has 0 heterocycles. The SMILES string of the molecule is CCCCCC(O)C(=N)CF. The topological polar surface area (TPSA) is 44.1 Å². The zero-order chi connectivity index (χ0) is 8.69. The maximum absolute atomic E-state index is 11.8. The van der Waals surface area contributed by atoms with E-state index in [0.29, 0.717) is 6.42 Å². The second-order valence-corrected chi connectivity index (χ2v) is 2.67. The largest absolute Gasteiger partial charge is 0.387 e. The summed E-state index contributed by atoms with van der Waals surface area (Å²) < 4.78 is 11.8. The lowest BCUT2D eigenvalue weighted by atomic mass is 10.1. The van der Waals surface area contributed by atoms with Gasteiger partial charge < -0.3 is 10.5 Å². The Kier molecular flexibility index (Phi) is 6.03. The standard InChI is InChI=1S/C8H16FNO/c1-2-3-4-5-8(11)7(10)6-9/h8,10-11H,2-6H2,1H3. The summed E-state index contributed by atoms with van der Waals surface area (Å²) in [6.45, 7) is 1.24. The third kappa shape index (κ3) is 4.90. The number of rotatable bonds is 6. The number of hydrogen-bond donors (Lipinski definition) is 2. The van der Waals surface area contributed by atoms with Crippen LogP contribution in [0.1, 0.15) is 32.6 Å². The minimum absolute atomic E-state index is 0.193. The average molecular weight is 161 g/mol. The first kappa shape index (κ1) is 10.6. The van der Waals surface area contributed by atoms with Crippen molar-refractivity contribution in [3.05, 3.63) is 0 Å². The Morgan fingerprint density at radius 3 is 2.64 bits per heavy atom. The Morgan fingerprint density at radius 2 is 2.18 bits per heavy atom. The molecule has 0 aliphatic carbocycles. The zero-order valence-electron chi connectivity index (χ0n) is 6.94. The molecule has 0 bridgehead atoms. The monoisotopic (exact) mass is 161 g/mol. The molecule has 0 aliphatic heterocycles. The Morgan fingerprint density at radius 1 is 1.55 bits per heavy atom. The Labute approximate surface area is 66.9 Å². The van der Waals surface area contributed by atoms with Gasteiger partial charge in [0.1, 0.15) is 6.67 Å². The minimum atomic E-state index is -0.855. The van der Waals surface area contributed by atoms with E-state index in [1.807, 2.05) is 0 Å². The number of nitrogens with one attached hydrogen (secondary N) is 1. The van der Waals surface area contributed by atoms with Crippen LogP contribution in [-0.2, 0) is 0 Å². The molecular formula is C8H16FNO.